The summed E-state index contributed by atoms with van der Waals surface area (Å²) in [6, 6.07) is 8.10. The van der Waals surface area contributed by atoms with Crippen molar-refractivity contribution in [3.05, 3.63) is 67.9 Å². The number of amidine groups is 1. The first kappa shape index (κ1) is 28.4. The van der Waals surface area contributed by atoms with Crippen LogP contribution in [-0.2, 0) is 26.6 Å². The molecule has 0 saturated heterocycles. The zero-order valence-electron chi connectivity index (χ0n) is 20.8. The molecule has 3 aromatic heterocycles. The van der Waals surface area contributed by atoms with Gasteiger partial charge in [-0.25, -0.2) is 13.4 Å². The van der Waals surface area contributed by atoms with E-state index >= 15 is 0 Å². The van der Waals surface area contributed by atoms with Gasteiger partial charge in [0.15, 0.2) is 5.84 Å². The van der Waals surface area contributed by atoms with E-state index in [-0.39, 0.29) is 64.7 Å². The van der Waals surface area contributed by atoms with Crippen LogP contribution in [0, 0.1) is 5.92 Å². The molecule has 0 saturated carbocycles. The Balaban J connectivity index is 1.57. The fourth-order valence-electron chi connectivity index (χ4n) is 4.07. The van der Waals surface area contributed by atoms with Gasteiger partial charge in [-0.3, -0.25) is 14.1 Å². The van der Waals surface area contributed by atoms with E-state index in [1.54, 1.807) is 12.1 Å². The van der Waals surface area contributed by atoms with E-state index in [4.69, 9.17) is 23.2 Å². The maximum absolute atomic E-state index is 13.6. The second kappa shape index (κ2) is 10.3. The SMILES string of the molecule is CC(C)CCn1c(=O)c(C2=NS(=O)(=O)c3cc(NS(=O)(=O)c4cc(Cl)c(Cl)s4)ccc3N2)c(O)c2cccnc21. The maximum Gasteiger partial charge on any atom is 0.286 e. The predicted molar refractivity (Wildman–Crippen MR) is 156 cm³/mol. The third-order valence-corrected chi connectivity index (χ3v) is 11.1. The molecule has 3 N–H and O–H groups in total. The van der Waals surface area contributed by atoms with Gasteiger partial charge in [-0.2, -0.15) is 8.42 Å². The van der Waals surface area contributed by atoms with E-state index in [1.165, 1.54) is 29.0 Å². The molecule has 1 aliphatic rings. The van der Waals surface area contributed by atoms with Gasteiger partial charge in [-0.15, -0.1) is 15.7 Å². The Labute approximate surface area is 243 Å². The Morgan fingerprint density at radius 2 is 1.95 bits per heavy atom. The summed E-state index contributed by atoms with van der Waals surface area (Å²) in [6.07, 6.45) is 2.14. The first-order valence-corrected chi connectivity index (χ1v) is 16.2. The molecular formula is C24H21Cl2N5O6S3. The standard InChI is InChI=1S/C24H21Cl2N5O6S3/c1-12(2)7-9-31-23-14(4-3-8-27-23)20(32)19(24(31)33)22-28-16-6-5-13(10-17(16)39(34,35)30-22)29-40(36,37)18-11-15(25)21(26)38-18/h3-6,8,10-12,29,32H,7,9H2,1-2H3,(H,28,30). The number of fused-ring (bicyclic) bond motifs is 2. The van der Waals surface area contributed by atoms with Crippen LogP contribution in [0.15, 0.2) is 60.9 Å². The third kappa shape index (κ3) is 5.17. The van der Waals surface area contributed by atoms with Gasteiger partial charge in [-0.05, 0) is 48.7 Å². The van der Waals surface area contributed by atoms with Crippen molar-refractivity contribution in [3.63, 3.8) is 0 Å². The number of nitrogens with one attached hydrogen (secondary N) is 2. The summed E-state index contributed by atoms with van der Waals surface area (Å²) in [5, 5.41) is 14.2. The number of pyridine rings is 2. The van der Waals surface area contributed by atoms with Crippen molar-refractivity contribution in [2.24, 2.45) is 10.3 Å². The van der Waals surface area contributed by atoms with Crippen molar-refractivity contribution in [3.8, 4) is 5.75 Å². The minimum atomic E-state index is -4.43. The van der Waals surface area contributed by atoms with E-state index in [2.05, 4.69) is 19.4 Å². The Hall–Kier alpha value is -3.17. The molecule has 210 valence electrons. The Kier molecular flexibility index (Phi) is 7.33. The Bertz CT molecular complexity index is 1970. The van der Waals surface area contributed by atoms with E-state index in [0.29, 0.717) is 6.42 Å². The lowest BCUT2D eigenvalue weighted by atomic mass is 10.1. The minimum absolute atomic E-state index is 0.0361. The average Bonchev–Trinajstić information content (AvgIpc) is 3.23. The van der Waals surface area contributed by atoms with Crippen LogP contribution in [0.4, 0.5) is 11.4 Å². The van der Waals surface area contributed by atoms with Crippen LogP contribution in [0.25, 0.3) is 11.0 Å². The summed E-state index contributed by atoms with van der Waals surface area (Å²) < 4.78 is 59.4. The number of nitrogens with zero attached hydrogens (tertiary/aromatic N) is 3. The number of rotatable bonds is 7. The molecule has 0 bridgehead atoms. The highest BCUT2D eigenvalue weighted by Gasteiger charge is 2.31. The summed E-state index contributed by atoms with van der Waals surface area (Å²) in [4.78, 5) is 17.5. The number of sulfonamides is 2. The maximum atomic E-state index is 13.6. The molecule has 16 heteroatoms. The lowest BCUT2D eigenvalue weighted by Crippen LogP contribution is -2.33. The number of aryl methyl sites for hydroxylation is 1. The Morgan fingerprint density at radius 1 is 1.20 bits per heavy atom. The topological polar surface area (TPSA) is 160 Å². The van der Waals surface area contributed by atoms with E-state index < -0.39 is 31.4 Å². The van der Waals surface area contributed by atoms with Crippen LogP contribution >= 0.6 is 34.5 Å². The number of anilines is 2. The molecule has 0 unspecified atom stereocenters. The molecule has 5 rings (SSSR count). The summed E-state index contributed by atoms with van der Waals surface area (Å²) >= 11 is 12.5. The Morgan fingerprint density at radius 3 is 2.62 bits per heavy atom. The lowest BCUT2D eigenvalue weighted by Gasteiger charge is -2.21. The van der Waals surface area contributed by atoms with Crippen molar-refractivity contribution in [2.75, 3.05) is 10.0 Å². The molecule has 0 fully saturated rings. The number of hydrogen-bond donors (Lipinski definition) is 3. The molecule has 1 aliphatic heterocycles. The second-order valence-corrected chi connectivity index (χ2v) is 14.8. The third-order valence-electron chi connectivity index (χ3n) is 6.02. The van der Waals surface area contributed by atoms with Crippen LogP contribution in [0.2, 0.25) is 9.36 Å². The molecule has 11 nitrogen and oxygen atoms in total. The van der Waals surface area contributed by atoms with E-state index in [0.717, 1.165) is 17.4 Å². The van der Waals surface area contributed by atoms with Gasteiger partial charge in [0.1, 0.15) is 30.4 Å². The molecule has 1 aromatic carbocycles. The van der Waals surface area contributed by atoms with Crippen LogP contribution in [-0.4, -0.2) is 37.3 Å². The molecule has 4 heterocycles. The first-order valence-electron chi connectivity index (χ1n) is 11.7. The second-order valence-electron chi connectivity index (χ2n) is 9.28. The number of halogens is 2. The van der Waals surface area contributed by atoms with Crippen LogP contribution in [0.1, 0.15) is 25.8 Å². The van der Waals surface area contributed by atoms with Crippen LogP contribution < -0.4 is 15.6 Å². The van der Waals surface area contributed by atoms with Gasteiger partial charge >= 0.3 is 0 Å². The van der Waals surface area contributed by atoms with Crippen molar-refractivity contribution < 1.29 is 21.9 Å². The number of aromatic hydroxyl groups is 1. The monoisotopic (exact) mass is 641 g/mol. The number of hydrogen-bond acceptors (Lipinski definition) is 9. The van der Waals surface area contributed by atoms with Crippen molar-refractivity contribution in [1.29, 1.82) is 0 Å². The summed E-state index contributed by atoms with van der Waals surface area (Å²) in [5.74, 6) is -0.563. The van der Waals surface area contributed by atoms with Gasteiger partial charge < -0.3 is 10.4 Å². The summed E-state index contributed by atoms with van der Waals surface area (Å²) in [6.45, 7) is 4.28. The molecule has 0 spiro atoms. The van der Waals surface area contributed by atoms with Gasteiger partial charge in [0.05, 0.1) is 21.8 Å². The normalized spacial score (nSPS) is 14.6. The zero-order chi connectivity index (χ0) is 29.0. The fraction of sp³-hybridized carbons (Fsp3) is 0.208. The molecule has 0 aliphatic carbocycles. The van der Waals surface area contributed by atoms with Gasteiger partial charge in [0.25, 0.3) is 25.6 Å². The molecule has 0 amide bonds. The molecule has 4 aromatic rings. The largest absolute Gasteiger partial charge is 0.506 e. The van der Waals surface area contributed by atoms with Crippen LogP contribution in [0.5, 0.6) is 5.75 Å². The first-order chi connectivity index (χ1) is 18.8. The zero-order valence-corrected chi connectivity index (χ0v) is 24.8. The highest BCUT2D eigenvalue weighted by atomic mass is 35.5. The molecule has 40 heavy (non-hydrogen) atoms. The number of benzene rings is 1. The quantitative estimate of drug-likeness (QED) is 0.257. The van der Waals surface area contributed by atoms with Gasteiger partial charge in [-0.1, -0.05) is 37.0 Å². The molecular weight excluding hydrogens is 621 g/mol. The predicted octanol–water partition coefficient (Wildman–Crippen LogP) is 4.88. The summed E-state index contributed by atoms with van der Waals surface area (Å²) in [5.41, 5.74) is -0.742. The average molecular weight is 643 g/mol. The van der Waals surface area contributed by atoms with Crippen molar-refractivity contribution >= 4 is 82.8 Å². The van der Waals surface area contributed by atoms with Gasteiger partial charge in [0.2, 0.25) is 0 Å². The van der Waals surface area contributed by atoms with E-state index in [1.807, 2.05) is 13.8 Å². The smallest absolute Gasteiger partial charge is 0.286 e. The minimum Gasteiger partial charge on any atom is -0.506 e. The lowest BCUT2D eigenvalue weighted by molar-refractivity contribution is 0.473. The fourth-order valence-corrected chi connectivity index (χ4v) is 8.15. The van der Waals surface area contributed by atoms with Crippen molar-refractivity contribution in [1.82, 2.24) is 9.55 Å². The number of thiophene rings is 1. The number of aromatic nitrogens is 2. The molecule has 0 radical (unpaired) electrons. The molecule has 0 atom stereocenters. The van der Waals surface area contributed by atoms with E-state index in [9.17, 15) is 26.7 Å². The highest BCUT2D eigenvalue weighted by Crippen LogP contribution is 2.37. The summed E-state index contributed by atoms with van der Waals surface area (Å²) in [7, 11) is -8.55. The van der Waals surface area contributed by atoms with Crippen molar-refractivity contribution in [2.45, 2.75) is 35.9 Å². The highest BCUT2D eigenvalue weighted by molar-refractivity contribution is 7.94. The van der Waals surface area contributed by atoms with Crippen LogP contribution in [0.3, 0.4) is 0 Å². The van der Waals surface area contributed by atoms with Gasteiger partial charge in [0, 0.05) is 12.7 Å².